The van der Waals surface area contributed by atoms with Crippen molar-refractivity contribution in [3.8, 4) is 0 Å². The van der Waals surface area contributed by atoms with E-state index in [2.05, 4.69) is 19.2 Å². The van der Waals surface area contributed by atoms with Gasteiger partial charge in [0.05, 0.1) is 11.5 Å². The van der Waals surface area contributed by atoms with Crippen LogP contribution >= 0.6 is 0 Å². The molecule has 0 aromatic rings. The molecular weight excluding hydrogens is 308 g/mol. The third-order valence-corrected chi connectivity index (χ3v) is 5.69. The lowest BCUT2D eigenvalue weighted by molar-refractivity contribution is -0.150. The van der Waals surface area contributed by atoms with Crippen LogP contribution in [0.1, 0.15) is 33.6 Å². The summed E-state index contributed by atoms with van der Waals surface area (Å²) in [5.41, 5.74) is 0.665. The molecule has 0 aromatic heterocycles. The van der Waals surface area contributed by atoms with Gasteiger partial charge in [-0.05, 0) is 27.2 Å². The summed E-state index contributed by atoms with van der Waals surface area (Å²) >= 11 is 0. The van der Waals surface area contributed by atoms with Crippen molar-refractivity contribution in [2.75, 3.05) is 0 Å². The maximum absolute atomic E-state index is 12.1. The van der Waals surface area contributed by atoms with Crippen molar-refractivity contribution in [2.45, 2.75) is 51.4 Å². The molecule has 5 heteroatoms. The van der Waals surface area contributed by atoms with Crippen LogP contribution in [0.25, 0.3) is 0 Å². The molecule has 2 aliphatic carbocycles. The van der Waals surface area contributed by atoms with Crippen molar-refractivity contribution in [1.82, 2.24) is 0 Å². The molecule has 1 aliphatic heterocycles. The normalized spacial score (nSPS) is 41.0. The summed E-state index contributed by atoms with van der Waals surface area (Å²) in [6.07, 6.45) is 1.94. The molecule has 0 unspecified atom stereocenters. The number of carbonyl (C=O) groups excluding carboxylic acids is 2. The summed E-state index contributed by atoms with van der Waals surface area (Å²) in [7, 11) is 0. The maximum Gasteiger partial charge on any atom is 0.334 e. The average Bonchev–Trinajstić information content (AvgIpc) is 2.96. The van der Waals surface area contributed by atoms with Crippen LogP contribution in [0.4, 0.5) is 0 Å². The summed E-state index contributed by atoms with van der Waals surface area (Å²) in [6.45, 7) is 12.8. The monoisotopic (exact) mass is 332 g/mol. The molecule has 6 atom stereocenters. The smallest absolute Gasteiger partial charge is 0.334 e. The highest BCUT2D eigenvalue weighted by Crippen LogP contribution is 2.52. The number of rotatable bonds is 2. The van der Waals surface area contributed by atoms with Crippen LogP contribution < -0.4 is 0 Å². The van der Waals surface area contributed by atoms with Gasteiger partial charge in [-0.1, -0.05) is 24.8 Å². The van der Waals surface area contributed by atoms with E-state index in [0.717, 1.165) is 12.0 Å². The second kappa shape index (κ2) is 5.59. The minimum Gasteiger partial charge on any atom is -0.458 e. The average molecular weight is 332 g/mol. The Morgan fingerprint density at radius 2 is 2.12 bits per heavy atom. The van der Waals surface area contributed by atoms with E-state index in [1.807, 2.05) is 6.92 Å². The molecule has 1 saturated heterocycles. The maximum atomic E-state index is 12.1. The minimum absolute atomic E-state index is 0.0720. The zero-order valence-corrected chi connectivity index (χ0v) is 14.4. The van der Waals surface area contributed by atoms with Crippen LogP contribution in [-0.4, -0.2) is 34.9 Å². The Bertz CT molecular complexity index is 657. The lowest BCUT2D eigenvalue weighted by atomic mass is 9.76. The molecule has 0 bridgehead atoms. The van der Waals surface area contributed by atoms with Gasteiger partial charge < -0.3 is 14.6 Å². The molecule has 3 aliphatic rings. The first-order chi connectivity index (χ1) is 11.1. The van der Waals surface area contributed by atoms with Crippen molar-refractivity contribution in [3.05, 3.63) is 36.0 Å². The standard InChI is InChI=1S/C19H24O5/c1-9(2)17(20)23-13-8-19(5,22)12-7-6-10(3)14(12)16-15(13)11(4)18(21)24-16/h6,12-16,22H,1,4,7-8H2,2-3,5H3/t12-,13+,14+,15-,16-,19-/m1/s1. The van der Waals surface area contributed by atoms with Crippen molar-refractivity contribution < 1.29 is 24.2 Å². The highest BCUT2D eigenvalue weighted by atomic mass is 16.6. The number of fused-ring (bicyclic) bond motifs is 3. The third-order valence-electron chi connectivity index (χ3n) is 5.69. The first-order valence-corrected chi connectivity index (χ1v) is 8.28. The van der Waals surface area contributed by atoms with Gasteiger partial charge in [0.1, 0.15) is 12.2 Å². The Hall–Kier alpha value is -1.88. The molecule has 0 radical (unpaired) electrons. The van der Waals surface area contributed by atoms with E-state index in [1.165, 1.54) is 0 Å². The van der Waals surface area contributed by atoms with Gasteiger partial charge in [-0.25, -0.2) is 9.59 Å². The van der Waals surface area contributed by atoms with E-state index in [-0.39, 0.29) is 23.8 Å². The molecular formula is C19H24O5. The Kier molecular flexibility index (Phi) is 3.95. The van der Waals surface area contributed by atoms with Crippen LogP contribution in [0, 0.1) is 17.8 Å². The van der Waals surface area contributed by atoms with Gasteiger partial charge in [-0.3, -0.25) is 0 Å². The third kappa shape index (κ3) is 2.51. The van der Waals surface area contributed by atoms with E-state index >= 15 is 0 Å². The summed E-state index contributed by atoms with van der Waals surface area (Å²) in [4.78, 5) is 24.2. The molecule has 1 N–H and O–H groups in total. The highest BCUT2D eigenvalue weighted by Gasteiger charge is 2.58. The fourth-order valence-electron chi connectivity index (χ4n) is 4.42. The molecule has 3 rings (SSSR count). The zero-order chi connectivity index (χ0) is 17.8. The lowest BCUT2D eigenvalue weighted by Crippen LogP contribution is -2.40. The van der Waals surface area contributed by atoms with Crippen LogP contribution in [0.5, 0.6) is 0 Å². The van der Waals surface area contributed by atoms with E-state index in [4.69, 9.17) is 9.47 Å². The molecule has 0 spiro atoms. The van der Waals surface area contributed by atoms with Gasteiger partial charge in [0.25, 0.3) is 0 Å². The van der Waals surface area contributed by atoms with Gasteiger partial charge in [-0.15, -0.1) is 0 Å². The summed E-state index contributed by atoms with van der Waals surface area (Å²) in [5.74, 6) is -1.56. The first-order valence-electron chi connectivity index (χ1n) is 8.28. The number of hydrogen-bond donors (Lipinski definition) is 1. The SMILES string of the molecule is C=C(C)C(=O)O[C@H]1C[C@@](C)(O)[C@@H]2CC=C(C)[C@@H]2[C@H]2OC(=O)C(=C)[C@@H]21. The van der Waals surface area contributed by atoms with Crippen molar-refractivity contribution in [2.24, 2.45) is 17.8 Å². The zero-order valence-electron chi connectivity index (χ0n) is 14.4. The summed E-state index contributed by atoms with van der Waals surface area (Å²) in [5, 5.41) is 11.1. The largest absolute Gasteiger partial charge is 0.458 e. The highest BCUT2D eigenvalue weighted by molar-refractivity contribution is 5.91. The first kappa shape index (κ1) is 17.0. The van der Waals surface area contributed by atoms with Crippen molar-refractivity contribution in [1.29, 1.82) is 0 Å². The van der Waals surface area contributed by atoms with E-state index in [0.29, 0.717) is 5.57 Å². The Morgan fingerprint density at radius 3 is 2.75 bits per heavy atom. The molecule has 0 aromatic carbocycles. The molecule has 1 heterocycles. The Morgan fingerprint density at radius 1 is 1.46 bits per heavy atom. The summed E-state index contributed by atoms with van der Waals surface area (Å²) < 4.78 is 11.2. The van der Waals surface area contributed by atoms with Gasteiger partial charge in [-0.2, -0.15) is 0 Å². The van der Waals surface area contributed by atoms with Crippen LogP contribution in [-0.2, 0) is 19.1 Å². The fourth-order valence-corrected chi connectivity index (χ4v) is 4.42. The van der Waals surface area contributed by atoms with Crippen LogP contribution in [0.2, 0.25) is 0 Å². The predicted octanol–water partition coefficient (Wildman–Crippen LogP) is 2.31. The predicted molar refractivity (Wildman–Crippen MR) is 87.8 cm³/mol. The van der Waals surface area contributed by atoms with Crippen LogP contribution in [0.3, 0.4) is 0 Å². The van der Waals surface area contributed by atoms with Crippen LogP contribution in [0.15, 0.2) is 36.0 Å². The summed E-state index contributed by atoms with van der Waals surface area (Å²) in [6, 6.07) is 0. The topological polar surface area (TPSA) is 72.8 Å². The van der Waals surface area contributed by atoms with E-state index < -0.39 is 35.7 Å². The fraction of sp³-hybridized carbons (Fsp3) is 0.579. The number of esters is 2. The van der Waals surface area contributed by atoms with E-state index in [9.17, 15) is 14.7 Å². The number of hydrogen-bond acceptors (Lipinski definition) is 5. The molecule has 130 valence electrons. The Labute approximate surface area is 142 Å². The minimum atomic E-state index is -1.03. The number of carbonyl (C=O) groups is 2. The van der Waals surface area contributed by atoms with Crippen molar-refractivity contribution in [3.63, 3.8) is 0 Å². The molecule has 0 amide bonds. The lowest BCUT2D eigenvalue weighted by Gasteiger charge is -2.34. The van der Waals surface area contributed by atoms with Gasteiger partial charge in [0, 0.05) is 29.4 Å². The number of ether oxygens (including phenoxy) is 2. The second-order valence-electron chi connectivity index (χ2n) is 7.52. The number of aliphatic hydroxyl groups is 1. The molecule has 24 heavy (non-hydrogen) atoms. The molecule has 2 fully saturated rings. The molecule has 5 nitrogen and oxygen atoms in total. The van der Waals surface area contributed by atoms with Gasteiger partial charge >= 0.3 is 11.9 Å². The molecule has 1 saturated carbocycles. The second-order valence-corrected chi connectivity index (χ2v) is 7.52. The van der Waals surface area contributed by atoms with Crippen molar-refractivity contribution >= 4 is 11.9 Å². The van der Waals surface area contributed by atoms with Gasteiger partial charge in [0.2, 0.25) is 0 Å². The quantitative estimate of drug-likeness (QED) is 0.477. The van der Waals surface area contributed by atoms with Gasteiger partial charge in [0.15, 0.2) is 0 Å². The van der Waals surface area contributed by atoms with E-state index in [1.54, 1.807) is 13.8 Å². The Balaban J connectivity index is 2.02. The number of allylic oxidation sites excluding steroid dienone is 1.